The number of aliphatic carboxylic acids is 1. The first-order valence-corrected chi connectivity index (χ1v) is 11.6. The number of aromatic nitrogens is 3. The highest BCUT2D eigenvalue weighted by Crippen LogP contribution is 2.29. The van der Waals surface area contributed by atoms with E-state index in [1.807, 2.05) is 99.1 Å². The average Bonchev–Trinajstić information content (AvgIpc) is 3.22. The maximum atomic E-state index is 11.2. The van der Waals surface area contributed by atoms with Gasteiger partial charge >= 0.3 is 5.97 Å². The van der Waals surface area contributed by atoms with Gasteiger partial charge in [-0.2, -0.15) is 5.10 Å². The smallest absolute Gasteiger partial charge is 0.323 e. The molecule has 0 unspecified atom stereocenters. The van der Waals surface area contributed by atoms with E-state index in [9.17, 15) is 9.90 Å². The first kappa shape index (κ1) is 24.4. The molecule has 6 heteroatoms. The molecule has 0 spiro atoms. The number of aryl methyl sites for hydroxylation is 1. The molecule has 6 nitrogen and oxygen atoms in total. The molecule has 0 saturated carbocycles. The normalized spacial score (nSPS) is 20.3. The van der Waals surface area contributed by atoms with E-state index in [2.05, 4.69) is 27.8 Å². The lowest BCUT2D eigenvalue weighted by atomic mass is 9.95. The minimum absolute atomic E-state index is 0.105. The highest BCUT2D eigenvalue weighted by molar-refractivity contribution is 5.84. The topological polar surface area (TPSA) is 82.1 Å². The van der Waals surface area contributed by atoms with E-state index in [0.29, 0.717) is 0 Å². The predicted octanol–water partition coefficient (Wildman–Crippen LogP) is 6.07. The Labute approximate surface area is 211 Å². The second kappa shape index (κ2) is 11.1. The molecule has 0 aromatic carbocycles. The summed E-state index contributed by atoms with van der Waals surface area (Å²) in [5.41, 5.74) is 8.30. The first-order valence-electron chi connectivity index (χ1n) is 11.6. The van der Waals surface area contributed by atoms with Crippen LogP contribution in [0, 0.1) is 6.92 Å². The van der Waals surface area contributed by atoms with Crippen LogP contribution in [-0.4, -0.2) is 37.7 Å². The Hall–Kier alpha value is -4.71. The van der Waals surface area contributed by atoms with Gasteiger partial charge in [-0.3, -0.25) is 14.9 Å². The van der Waals surface area contributed by atoms with E-state index in [1.54, 1.807) is 11.1 Å². The van der Waals surface area contributed by atoms with Crippen molar-refractivity contribution in [3.63, 3.8) is 0 Å². The number of nitrogens with zero attached hydrogens (tertiary/aromatic N) is 3. The lowest BCUT2D eigenvalue weighted by molar-refractivity contribution is -0.137. The summed E-state index contributed by atoms with van der Waals surface area (Å²) >= 11 is 0. The number of hydrogen-bond acceptors (Lipinski definition) is 4. The van der Waals surface area contributed by atoms with Crippen LogP contribution in [0.4, 0.5) is 0 Å². The Morgan fingerprint density at radius 3 is 2.81 bits per heavy atom. The summed E-state index contributed by atoms with van der Waals surface area (Å²) < 4.78 is 0. The molecule has 180 valence electrons. The Kier molecular flexibility index (Phi) is 7.56. The van der Waals surface area contributed by atoms with Gasteiger partial charge in [0.2, 0.25) is 0 Å². The molecule has 2 N–H and O–H groups in total. The van der Waals surface area contributed by atoms with Crippen LogP contribution >= 0.6 is 0 Å². The molecule has 36 heavy (non-hydrogen) atoms. The van der Waals surface area contributed by atoms with E-state index >= 15 is 0 Å². The molecular weight excluding hydrogens is 448 g/mol. The first-order chi connectivity index (χ1) is 17.4. The standard InChI is InChI=1S/C30H28N4O2/c1-4-23(26-10-5-6-16-34(19-26)20-29(35)36)17-25-12-8-11-24(15-14-21(25)2)27-18-31-33-30(27)28-13-7-9-22(3)32-28/h4-19H,2,20H2,1,3H3,(H,31,33)(H,35,36)/b12-8+,15-14-,23-4+,24-11-,25-17-. The van der Waals surface area contributed by atoms with Crippen LogP contribution in [0.2, 0.25) is 0 Å². The van der Waals surface area contributed by atoms with Gasteiger partial charge in [-0.05, 0) is 66.0 Å². The van der Waals surface area contributed by atoms with Crippen LogP contribution in [0.3, 0.4) is 0 Å². The molecule has 0 bridgehead atoms. The number of carboxylic acids is 1. The van der Waals surface area contributed by atoms with Crippen LogP contribution in [0.1, 0.15) is 18.2 Å². The van der Waals surface area contributed by atoms with E-state index in [4.69, 9.17) is 0 Å². The molecule has 2 aromatic rings. The van der Waals surface area contributed by atoms with Crippen LogP contribution < -0.4 is 0 Å². The van der Waals surface area contributed by atoms with Gasteiger partial charge < -0.3 is 10.0 Å². The Morgan fingerprint density at radius 2 is 2.03 bits per heavy atom. The summed E-state index contributed by atoms with van der Waals surface area (Å²) in [5, 5.41) is 16.5. The van der Waals surface area contributed by atoms with Crippen molar-refractivity contribution in [3.8, 4) is 11.4 Å². The number of aromatic amines is 1. The Morgan fingerprint density at radius 1 is 1.17 bits per heavy atom. The van der Waals surface area contributed by atoms with Gasteiger partial charge in [0.05, 0.1) is 17.6 Å². The minimum Gasteiger partial charge on any atom is -0.480 e. The number of carboxylic acid groups (broad SMARTS) is 1. The number of nitrogens with one attached hydrogen (secondary N) is 1. The zero-order valence-electron chi connectivity index (χ0n) is 20.3. The maximum Gasteiger partial charge on any atom is 0.323 e. The van der Waals surface area contributed by atoms with Crippen molar-refractivity contribution in [1.82, 2.24) is 20.1 Å². The van der Waals surface area contributed by atoms with Gasteiger partial charge in [0.1, 0.15) is 6.54 Å². The second-order valence-electron chi connectivity index (χ2n) is 8.36. The minimum atomic E-state index is -0.888. The number of carbonyl (C=O) groups is 1. The number of pyridine rings is 1. The number of allylic oxidation sites excluding steroid dienone is 15. The Bertz CT molecular complexity index is 1420. The molecule has 0 amide bonds. The highest BCUT2D eigenvalue weighted by Gasteiger charge is 2.13. The third-order valence-corrected chi connectivity index (χ3v) is 5.72. The molecule has 0 atom stereocenters. The zero-order valence-corrected chi connectivity index (χ0v) is 20.3. The third kappa shape index (κ3) is 5.85. The lowest BCUT2D eigenvalue weighted by Gasteiger charge is -2.14. The summed E-state index contributed by atoms with van der Waals surface area (Å²) in [6.45, 7) is 8.10. The monoisotopic (exact) mass is 476 g/mol. The van der Waals surface area contributed by atoms with E-state index < -0.39 is 5.97 Å². The van der Waals surface area contributed by atoms with Gasteiger partial charge in [-0.25, -0.2) is 0 Å². The van der Waals surface area contributed by atoms with Gasteiger partial charge in [0.15, 0.2) is 0 Å². The fourth-order valence-electron chi connectivity index (χ4n) is 3.92. The number of H-pyrrole nitrogens is 1. The fraction of sp³-hybridized carbons (Fsp3) is 0.100. The van der Waals surface area contributed by atoms with Gasteiger partial charge in [0, 0.05) is 23.7 Å². The predicted molar refractivity (Wildman–Crippen MR) is 144 cm³/mol. The molecule has 1 aliphatic carbocycles. The average molecular weight is 477 g/mol. The molecule has 0 radical (unpaired) electrons. The largest absolute Gasteiger partial charge is 0.480 e. The molecule has 2 aliphatic rings. The quantitative estimate of drug-likeness (QED) is 0.529. The van der Waals surface area contributed by atoms with Crippen molar-refractivity contribution in [2.24, 2.45) is 0 Å². The van der Waals surface area contributed by atoms with Gasteiger partial charge in [-0.1, -0.05) is 61.3 Å². The van der Waals surface area contributed by atoms with E-state index in [1.165, 1.54) is 0 Å². The second-order valence-corrected chi connectivity index (χ2v) is 8.36. The highest BCUT2D eigenvalue weighted by atomic mass is 16.4. The van der Waals surface area contributed by atoms with Crippen LogP contribution in [0.5, 0.6) is 0 Å². The van der Waals surface area contributed by atoms with Crippen molar-refractivity contribution in [1.29, 1.82) is 0 Å². The SMILES string of the molecule is C=C1\C=C/C(c2cn[nH]c2-c2cccc(C)n2)=C/C=C/C1=C/C(=C\C)C1=CN(CC(=O)O)C=CC=C1. The summed E-state index contributed by atoms with van der Waals surface area (Å²) in [5.74, 6) is -0.888. The van der Waals surface area contributed by atoms with Crippen LogP contribution in [0.25, 0.3) is 17.0 Å². The molecule has 0 fully saturated rings. The molecule has 2 aromatic heterocycles. The van der Waals surface area contributed by atoms with Crippen molar-refractivity contribution in [2.45, 2.75) is 13.8 Å². The lowest BCUT2D eigenvalue weighted by Crippen LogP contribution is -2.19. The third-order valence-electron chi connectivity index (χ3n) is 5.72. The molecule has 1 aliphatic heterocycles. The van der Waals surface area contributed by atoms with Crippen molar-refractivity contribution in [2.75, 3.05) is 6.54 Å². The zero-order chi connectivity index (χ0) is 25.5. The van der Waals surface area contributed by atoms with Gasteiger partial charge in [-0.15, -0.1) is 0 Å². The fourth-order valence-corrected chi connectivity index (χ4v) is 3.92. The Balaban J connectivity index is 1.63. The molecule has 3 heterocycles. The van der Waals surface area contributed by atoms with E-state index in [-0.39, 0.29) is 6.54 Å². The van der Waals surface area contributed by atoms with Crippen molar-refractivity contribution >= 4 is 11.5 Å². The maximum absolute atomic E-state index is 11.2. The molecule has 0 saturated heterocycles. The summed E-state index contributed by atoms with van der Waals surface area (Å²) in [6.07, 6.45) is 25.2. The van der Waals surface area contributed by atoms with Crippen molar-refractivity contribution in [3.05, 3.63) is 138 Å². The van der Waals surface area contributed by atoms with Crippen molar-refractivity contribution < 1.29 is 9.90 Å². The van der Waals surface area contributed by atoms with Gasteiger partial charge in [0.25, 0.3) is 0 Å². The summed E-state index contributed by atoms with van der Waals surface area (Å²) in [7, 11) is 0. The summed E-state index contributed by atoms with van der Waals surface area (Å²) in [4.78, 5) is 17.5. The molecule has 4 rings (SSSR count). The number of hydrogen-bond donors (Lipinski definition) is 2. The summed E-state index contributed by atoms with van der Waals surface area (Å²) in [6, 6.07) is 5.92. The van der Waals surface area contributed by atoms with Crippen LogP contribution in [0.15, 0.2) is 126 Å². The molecular formula is C30H28N4O2. The van der Waals surface area contributed by atoms with Crippen LogP contribution in [-0.2, 0) is 4.79 Å². The van der Waals surface area contributed by atoms with E-state index in [0.717, 1.165) is 50.5 Å². The number of rotatable bonds is 6.